The summed E-state index contributed by atoms with van der Waals surface area (Å²) in [6.45, 7) is 3.96. The highest BCUT2D eigenvalue weighted by Crippen LogP contribution is 2.32. The molecule has 82 valence electrons. The summed E-state index contributed by atoms with van der Waals surface area (Å²) in [5, 5.41) is 8.85. The van der Waals surface area contributed by atoms with Crippen LogP contribution in [0.3, 0.4) is 0 Å². The fourth-order valence-electron chi connectivity index (χ4n) is 1.56. The highest BCUT2D eigenvalue weighted by molar-refractivity contribution is 5.90. The van der Waals surface area contributed by atoms with Crippen LogP contribution >= 0.6 is 0 Å². The molecule has 1 rings (SSSR count). The van der Waals surface area contributed by atoms with Crippen molar-refractivity contribution in [3.05, 3.63) is 23.3 Å². The second-order valence-electron chi connectivity index (χ2n) is 3.64. The predicted octanol–water partition coefficient (Wildman–Crippen LogP) is 2.10. The molecule has 0 aliphatic heterocycles. The summed E-state index contributed by atoms with van der Waals surface area (Å²) < 4.78 is 5.13. The number of hydrogen-bond donors (Lipinski definition) is 2. The molecule has 0 aromatic heterocycles. The first-order valence-electron chi connectivity index (χ1n) is 4.68. The van der Waals surface area contributed by atoms with E-state index >= 15 is 0 Å². The normalized spacial score (nSPS) is 10.4. The highest BCUT2D eigenvalue weighted by atomic mass is 16.5. The summed E-state index contributed by atoms with van der Waals surface area (Å²) in [5.74, 6) is -0.277. The van der Waals surface area contributed by atoms with Crippen molar-refractivity contribution in [3.8, 4) is 5.75 Å². The number of methoxy groups -OCH3 is 1. The molecule has 0 saturated carbocycles. The molecular formula is C11H15NO3. The third-order valence-corrected chi connectivity index (χ3v) is 2.22. The van der Waals surface area contributed by atoms with Crippen molar-refractivity contribution < 1.29 is 14.6 Å². The summed E-state index contributed by atoms with van der Waals surface area (Å²) in [7, 11) is 1.51. The van der Waals surface area contributed by atoms with Gasteiger partial charge in [-0.05, 0) is 18.1 Å². The van der Waals surface area contributed by atoms with Gasteiger partial charge in [-0.2, -0.15) is 0 Å². The van der Waals surface area contributed by atoms with Crippen LogP contribution in [0.2, 0.25) is 0 Å². The second kappa shape index (κ2) is 4.21. The van der Waals surface area contributed by atoms with Crippen molar-refractivity contribution >= 4 is 11.7 Å². The molecule has 4 nitrogen and oxygen atoms in total. The quantitative estimate of drug-likeness (QED) is 0.748. The molecule has 0 aliphatic carbocycles. The van der Waals surface area contributed by atoms with Gasteiger partial charge in [-0.1, -0.05) is 13.8 Å². The van der Waals surface area contributed by atoms with Gasteiger partial charge in [0.1, 0.15) is 5.75 Å². The molecule has 15 heavy (non-hydrogen) atoms. The van der Waals surface area contributed by atoms with Crippen LogP contribution < -0.4 is 10.5 Å². The number of anilines is 1. The summed E-state index contributed by atoms with van der Waals surface area (Å²) in [4.78, 5) is 10.8. The number of ether oxygens (including phenoxy) is 1. The van der Waals surface area contributed by atoms with E-state index in [1.807, 2.05) is 13.8 Å². The van der Waals surface area contributed by atoms with Gasteiger partial charge in [0.05, 0.1) is 12.7 Å². The monoisotopic (exact) mass is 209 g/mol. The molecule has 1 aromatic carbocycles. The molecule has 0 unspecified atom stereocenters. The lowest BCUT2D eigenvalue weighted by atomic mass is 9.98. The standard InChI is InChI=1S/C11H15NO3/c1-6(2)10-8(12)4-7(11(13)14)5-9(10)15-3/h4-6H,12H2,1-3H3,(H,13,14). The number of hydrogen-bond acceptors (Lipinski definition) is 3. The molecule has 0 atom stereocenters. The summed E-state index contributed by atoms with van der Waals surface area (Å²) >= 11 is 0. The molecule has 4 heteroatoms. The Morgan fingerprint density at radius 1 is 1.47 bits per heavy atom. The van der Waals surface area contributed by atoms with Gasteiger partial charge >= 0.3 is 5.97 Å². The third-order valence-electron chi connectivity index (χ3n) is 2.22. The average molecular weight is 209 g/mol. The fraction of sp³-hybridized carbons (Fsp3) is 0.364. The first-order chi connectivity index (χ1) is 6.97. The van der Waals surface area contributed by atoms with Gasteiger partial charge in [-0.3, -0.25) is 0 Å². The van der Waals surface area contributed by atoms with E-state index in [2.05, 4.69) is 0 Å². The van der Waals surface area contributed by atoms with Crippen LogP contribution in [0.5, 0.6) is 5.75 Å². The van der Waals surface area contributed by atoms with E-state index in [1.165, 1.54) is 19.2 Å². The Morgan fingerprint density at radius 3 is 2.47 bits per heavy atom. The first kappa shape index (κ1) is 11.4. The minimum atomic E-state index is -1.00. The van der Waals surface area contributed by atoms with Gasteiger partial charge < -0.3 is 15.6 Å². The molecule has 0 fully saturated rings. The number of rotatable bonds is 3. The predicted molar refractivity (Wildman–Crippen MR) is 58.5 cm³/mol. The molecule has 0 amide bonds. The van der Waals surface area contributed by atoms with Crippen molar-refractivity contribution in [2.75, 3.05) is 12.8 Å². The largest absolute Gasteiger partial charge is 0.496 e. The van der Waals surface area contributed by atoms with Crippen LogP contribution in [-0.2, 0) is 0 Å². The Hall–Kier alpha value is -1.71. The van der Waals surface area contributed by atoms with E-state index in [0.29, 0.717) is 11.4 Å². The molecule has 0 spiro atoms. The number of benzene rings is 1. The van der Waals surface area contributed by atoms with Crippen LogP contribution in [0.1, 0.15) is 35.7 Å². The van der Waals surface area contributed by atoms with Gasteiger partial charge in [-0.25, -0.2) is 4.79 Å². The number of nitrogen functional groups attached to an aromatic ring is 1. The summed E-state index contributed by atoms with van der Waals surface area (Å²) in [6.07, 6.45) is 0. The van der Waals surface area contributed by atoms with E-state index in [-0.39, 0.29) is 11.5 Å². The van der Waals surface area contributed by atoms with E-state index in [0.717, 1.165) is 5.56 Å². The first-order valence-corrected chi connectivity index (χ1v) is 4.68. The zero-order valence-corrected chi connectivity index (χ0v) is 9.07. The number of carboxylic acids is 1. The van der Waals surface area contributed by atoms with Crippen molar-refractivity contribution in [1.82, 2.24) is 0 Å². The topological polar surface area (TPSA) is 72.5 Å². The maximum absolute atomic E-state index is 10.8. The average Bonchev–Trinajstić information content (AvgIpc) is 2.15. The second-order valence-corrected chi connectivity index (χ2v) is 3.64. The van der Waals surface area contributed by atoms with Crippen LogP contribution in [-0.4, -0.2) is 18.2 Å². The lowest BCUT2D eigenvalue weighted by Crippen LogP contribution is -2.05. The van der Waals surface area contributed by atoms with Crippen LogP contribution in [0.15, 0.2) is 12.1 Å². The van der Waals surface area contributed by atoms with E-state index in [4.69, 9.17) is 15.6 Å². The fourth-order valence-corrected chi connectivity index (χ4v) is 1.56. The molecule has 0 radical (unpaired) electrons. The smallest absolute Gasteiger partial charge is 0.335 e. The molecule has 0 heterocycles. The van der Waals surface area contributed by atoms with Gasteiger partial charge in [0, 0.05) is 11.3 Å². The van der Waals surface area contributed by atoms with E-state index in [1.54, 1.807) is 0 Å². The van der Waals surface area contributed by atoms with Gasteiger partial charge in [0.2, 0.25) is 0 Å². The zero-order chi connectivity index (χ0) is 11.6. The SMILES string of the molecule is COc1cc(C(=O)O)cc(N)c1C(C)C. The van der Waals surface area contributed by atoms with Crippen molar-refractivity contribution in [2.45, 2.75) is 19.8 Å². The third kappa shape index (κ3) is 2.21. The van der Waals surface area contributed by atoms with Crippen molar-refractivity contribution in [3.63, 3.8) is 0 Å². The number of carbonyl (C=O) groups is 1. The molecule has 3 N–H and O–H groups in total. The van der Waals surface area contributed by atoms with Crippen molar-refractivity contribution in [1.29, 1.82) is 0 Å². The Kier molecular flexibility index (Phi) is 3.19. The Labute approximate surface area is 88.7 Å². The molecular weight excluding hydrogens is 194 g/mol. The Balaban J connectivity index is 3.37. The number of nitrogens with two attached hydrogens (primary N) is 1. The summed E-state index contributed by atoms with van der Waals surface area (Å²) in [6, 6.07) is 2.95. The van der Waals surface area contributed by atoms with Crippen LogP contribution in [0, 0.1) is 0 Å². The minimum Gasteiger partial charge on any atom is -0.496 e. The highest BCUT2D eigenvalue weighted by Gasteiger charge is 2.15. The van der Waals surface area contributed by atoms with Gasteiger partial charge in [-0.15, -0.1) is 0 Å². The lowest BCUT2D eigenvalue weighted by Gasteiger charge is -2.15. The molecule has 0 saturated heterocycles. The maximum Gasteiger partial charge on any atom is 0.335 e. The molecule has 0 bridgehead atoms. The minimum absolute atomic E-state index is 0.147. The maximum atomic E-state index is 10.8. The van der Waals surface area contributed by atoms with E-state index in [9.17, 15) is 4.79 Å². The molecule has 0 aliphatic rings. The lowest BCUT2D eigenvalue weighted by molar-refractivity contribution is 0.0696. The molecule has 1 aromatic rings. The zero-order valence-electron chi connectivity index (χ0n) is 9.07. The van der Waals surface area contributed by atoms with Crippen molar-refractivity contribution in [2.24, 2.45) is 0 Å². The van der Waals surface area contributed by atoms with E-state index < -0.39 is 5.97 Å². The summed E-state index contributed by atoms with van der Waals surface area (Å²) in [5.41, 5.74) is 7.25. The van der Waals surface area contributed by atoms with Gasteiger partial charge in [0.15, 0.2) is 0 Å². The van der Waals surface area contributed by atoms with Crippen LogP contribution in [0.4, 0.5) is 5.69 Å². The number of carboxylic acid groups (broad SMARTS) is 1. The Morgan fingerprint density at radius 2 is 2.07 bits per heavy atom. The Bertz CT molecular complexity index is 386. The van der Waals surface area contributed by atoms with Gasteiger partial charge in [0.25, 0.3) is 0 Å². The number of aromatic carboxylic acids is 1. The van der Waals surface area contributed by atoms with Crippen LogP contribution in [0.25, 0.3) is 0 Å².